The fourth-order valence-corrected chi connectivity index (χ4v) is 4.00. The number of anilines is 1. The molecule has 9 heteroatoms. The monoisotopic (exact) mass is 432 g/mol. The Hall–Kier alpha value is -2.94. The molecule has 2 aromatic heterocycles. The van der Waals surface area contributed by atoms with Crippen molar-refractivity contribution in [2.45, 2.75) is 38.7 Å². The molecule has 0 amide bonds. The van der Waals surface area contributed by atoms with Gasteiger partial charge in [-0.2, -0.15) is 0 Å². The Kier molecular flexibility index (Phi) is 5.70. The number of pyridine rings is 1. The van der Waals surface area contributed by atoms with Crippen LogP contribution in [0.5, 0.6) is 0 Å². The van der Waals surface area contributed by atoms with Gasteiger partial charge in [0.05, 0.1) is 23.6 Å². The first-order valence-electron chi connectivity index (χ1n) is 10.1. The average molecular weight is 432 g/mol. The summed E-state index contributed by atoms with van der Waals surface area (Å²) in [5.41, 5.74) is 0.381. The third kappa shape index (κ3) is 3.89. The summed E-state index contributed by atoms with van der Waals surface area (Å²) in [6.07, 6.45) is -2.15. The molecule has 1 N–H and O–H groups in total. The molecule has 0 spiro atoms. The lowest BCUT2D eigenvalue weighted by Gasteiger charge is -2.20. The van der Waals surface area contributed by atoms with E-state index in [9.17, 15) is 18.0 Å². The van der Waals surface area contributed by atoms with Gasteiger partial charge >= 0.3 is 0 Å². The van der Waals surface area contributed by atoms with Gasteiger partial charge in [0, 0.05) is 30.7 Å². The standard InChI is InChI=1S/C22H23F3N4O2/c1-11(14-5-4-6-15(18(14)23)19(24)25)26-20-17-9-16(13-7-8-31-10-13)22(30)29(3)21(17)28-12(2)27-20/h4-6,9,11,13,19H,7-8,10H2,1-3H3,(H,26,27,28)/t11-,13?/m1/s1. The third-order valence-electron chi connectivity index (χ3n) is 5.69. The van der Waals surface area contributed by atoms with Crippen molar-refractivity contribution >= 4 is 16.9 Å². The van der Waals surface area contributed by atoms with Crippen molar-refractivity contribution in [2.75, 3.05) is 18.5 Å². The summed E-state index contributed by atoms with van der Waals surface area (Å²) in [6.45, 7) is 4.43. The smallest absolute Gasteiger partial charge is 0.266 e. The largest absolute Gasteiger partial charge is 0.381 e. The van der Waals surface area contributed by atoms with E-state index >= 15 is 0 Å². The second kappa shape index (κ2) is 8.30. The van der Waals surface area contributed by atoms with Crippen LogP contribution in [0.1, 0.15) is 54.2 Å². The highest BCUT2D eigenvalue weighted by molar-refractivity contribution is 5.87. The molecule has 2 atom stereocenters. The summed E-state index contributed by atoms with van der Waals surface area (Å²) >= 11 is 0. The first-order chi connectivity index (χ1) is 14.8. The molecule has 6 nitrogen and oxygen atoms in total. The summed E-state index contributed by atoms with van der Waals surface area (Å²) in [4.78, 5) is 21.7. The molecule has 0 saturated carbocycles. The van der Waals surface area contributed by atoms with Crippen molar-refractivity contribution in [3.8, 4) is 0 Å². The molecule has 31 heavy (non-hydrogen) atoms. The van der Waals surface area contributed by atoms with Crippen LogP contribution in [0.3, 0.4) is 0 Å². The zero-order chi connectivity index (χ0) is 22.3. The lowest BCUT2D eigenvalue weighted by atomic mass is 9.98. The van der Waals surface area contributed by atoms with Crippen LogP contribution in [0.2, 0.25) is 0 Å². The molecule has 4 rings (SSSR count). The fraction of sp³-hybridized carbons (Fsp3) is 0.409. The fourth-order valence-electron chi connectivity index (χ4n) is 4.00. The van der Waals surface area contributed by atoms with Gasteiger partial charge in [0.15, 0.2) is 0 Å². The molecule has 1 aromatic carbocycles. The zero-order valence-corrected chi connectivity index (χ0v) is 17.5. The molecule has 1 aliphatic heterocycles. The number of ether oxygens (including phenoxy) is 1. The number of aryl methyl sites for hydroxylation is 2. The molecule has 0 radical (unpaired) electrons. The van der Waals surface area contributed by atoms with E-state index in [-0.39, 0.29) is 17.0 Å². The summed E-state index contributed by atoms with van der Waals surface area (Å²) in [7, 11) is 1.65. The highest BCUT2D eigenvalue weighted by Crippen LogP contribution is 2.31. The quantitative estimate of drug-likeness (QED) is 0.648. The van der Waals surface area contributed by atoms with Crippen LogP contribution >= 0.6 is 0 Å². The Labute approximate surface area is 177 Å². The first kappa shape index (κ1) is 21.3. The maximum Gasteiger partial charge on any atom is 0.266 e. The van der Waals surface area contributed by atoms with E-state index in [0.29, 0.717) is 41.5 Å². The van der Waals surface area contributed by atoms with Gasteiger partial charge in [0.2, 0.25) is 0 Å². The lowest BCUT2D eigenvalue weighted by molar-refractivity contribution is 0.146. The Morgan fingerprint density at radius 2 is 2.00 bits per heavy atom. The highest BCUT2D eigenvalue weighted by Gasteiger charge is 2.25. The van der Waals surface area contributed by atoms with Crippen molar-refractivity contribution in [2.24, 2.45) is 7.05 Å². The predicted molar refractivity (Wildman–Crippen MR) is 111 cm³/mol. The number of fused-ring (bicyclic) bond motifs is 1. The number of hydrogen-bond acceptors (Lipinski definition) is 5. The molecule has 3 aromatic rings. The summed E-state index contributed by atoms with van der Waals surface area (Å²) < 4.78 is 47.8. The summed E-state index contributed by atoms with van der Waals surface area (Å²) in [5.74, 6) is -0.123. The van der Waals surface area contributed by atoms with Crippen LogP contribution in [0.4, 0.5) is 19.0 Å². The van der Waals surface area contributed by atoms with E-state index < -0.39 is 23.8 Å². The zero-order valence-electron chi connectivity index (χ0n) is 17.5. The predicted octanol–water partition coefficient (Wildman–Crippen LogP) is 4.39. The van der Waals surface area contributed by atoms with E-state index in [0.717, 1.165) is 12.5 Å². The van der Waals surface area contributed by atoms with Crippen molar-refractivity contribution in [1.29, 1.82) is 0 Å². The number of alkyl halides is 2. The van der Waals surface area contributed by atoms with Crippen LogP contribution < -0.4 is 10.9 Å². The van der Waals surface area contributed by atoms with Crippen LogP contribution in [0, 0.1) is 12.7 Å². The Morgan fingerprint density at radius 1 is 1.26 bits per heavy atom. The van der Waals surface area contributed by atoms with E-state index in [1.165, 1.54) is 16.7 Å². The minimum Gasteiger partial charge on any atom is -0.381 e. The van der Waals surface area contributed by atoms with Crippen LogP contribution in [-0.4, -0.2) is 27.7 Å². The number of halogens is 3. The Balaban J connectivity index is 1.80. The third-order valence-corrected chi connectivity index (χ3v) is 5.69. The van der Waals surface area contributed by atoms with Crippen molar-refractivity contribution in [3.05, 3.63) is 63.0 Å². The van der Waals surface area contributed by atoms with Crippen LogP contribution in [-0.2, 0) is 11.8 Å². The average Bonchev–Trinajstić information content (AvgIpc) is 3.25. The summed E-state index contributed by atoms with van der Waals surface area (Å²) in [5, 5.41) is 3.73. The maximum atomic E-state index is 14.6. The minimum absolute atomic E-state index is 0.0187. The molecule has 164 valence electrons. The van der Waals surface area contributed by atoms with E-state index in [1.54, 1.807) is 27.0 Å². The van der Waals surface area contributed by atoms with Gasteiger partial charge in [-0.25, -0.2) is 23.1 Å². The van der Waals surface area contributed by atoms with Crippen LogP contribution in [0.15, 0.2) is 29.1 Å². The van der Waals surface area contributed by atoms with Gasteiger partial charge < -0.3 is 10.1 Å². The van der Waals surface area contributed by atoms with Gasteiger partial charge in [0.25, 0.3) is 12.0 Å². The molecule has 1 saturated heterocycles. The van der Waals surface area contributed by atoms with Crippen molar-refractivity contribution < 1.29 is 17.9 Å². The number of hydrogen-bond donors (Lipinski definition) is 1. The van der Waals surface area contributed by atoms with E-state index in [4.69, 9.17) is 4.74 Å². The van der Waals surface area contributed by atoms with E-state index in [1.807, 2.05) is 0 Å². The minimum atomic E-state index is -2.90. The lowest BCUT2D eigenvalue weighted by Crippen LogP contribution is -2.25. The van der Waals surface area contributed by atoms with Crippen molar-refractivity contribution in [3.63, 3.8) is 0 Å². The number of nitrogens with one attached hydrogen (secondary N) is 1. The Morgan fingerprint density at radius 3 is 2.68 bits per heavy atom. The van der Waals surface area contributed by atoms with Gasteiger partial charge in [-0.3, -0.25) is 9.36 Å². The molecule has 1 unspecified atom stereocenters. The second-order valence-corrected chi connectivity index (χ2v) is 7.80. The van der Waals surface area contributed by atoms with Gasteiger partial charge in [0.1, 0.15) is 23.1 Å². The Bertz CT molecular complexity index is 1190. The summed E-state index contributed by atoms with van der Waals surface area (Å²) in [6, 6.07) is 5.06. The molecule has 1 fully saturated rings. The maximum absolute atomic E-state index is 14.6. The van der Waals surface area contributed by atoms with Gasteiger partial charge in [-0.1, -0.05) is 18.2 Å². The van der Waals surface area contributed by atoms with Crippen molar-refractivity contribution in [1.82, 2.24) is 14.5 Å². The molecule has 3 heterocycles. The van der Waals surface area contributed by atoms with Gasteiger partial charge in [-0.05, 0) is 26.3 Å². The number of aromatic nitrogens is 3. The number of rotatable bonds is 5. The molecule has 0 bridgehead atoms. The second-order valence-electron chi connectivity index (χ2n) is 7.80. The highest BCUT2D eigenvalue weighted by atomic mass is 19.3. The van der Waals surface area contributed by atoms with Crippen LogP contribution in [0.25, 0.3) is 11.0 Å². The number of benzene rings is 1. The van der Waals surface area contributed by atoms with Gasteiger partial charge in [-0.15, -0.1) is 0 Å². The SMILES string of the molecule is Cc1nc(N[C@H](C)c2cccc(C(F)F)c2F)c2cc(C3CCOC3)c(=O)n(C)c2n1. The molecule has 0 aliphatic carbocycles. The molecular weight excluding hydrogens is 409 g/mol. The topological polar surface area (TPSA) is 69.0 Å². The normalized spacial score (nSPS) is 17.5. The first-order valence-corrected chi connectivity index (χ1v) is 10.1. The van der Waals surface area contributed by atoms with E-state index in [2.05, 4.69) is 15.3 Å². The number of nitrogens with zero attached hydrogens (tertiary/aromatic N) is 3. The molecule has 1 aliphatic rings. The molecular formula is C22H23F3N4O2.